The van der Waals surface area contributed by atoms with Gasteiger partial charge in [-0.1, -0.05) is 39.8 Å². The SMILES string of the molecule is CCn1c(-c2cccnc2[C@H](C)OC)c2c3cc(ccc31)-c1cc(O)cc(c1)C[C@H](NC(=O)C(C(C)C)N(C)C(=O)[C@]13C[C@H]1CCN3C(=O)[C@@H]1CN1)C(=O)N1CCC[C@H](N1)C(=O)OCC(C)(C)C2. The molecule has 4 fully saturated rings. The van der Waals surface area contributed by atoms with Crippen molar-refractivity contribution in [3.63, 3.8) is 0 Å². The summed E-state index contributed by atoms with van der Waals surface area (Å²) in [5.41, 5.74) is 8.60. The molecule has 1 unspecified atom stereocenters. The van der Waals surface area contributed by atoms with E-state index in [4.69, 9.17) is 14.5 Å². The minimum atomic E-state index is -1.17. The lowest BCUT2D eigenvalue weighted by molar-refractivity contribution is -0.155. The highest BCUT2D eigenvalue weighted by atomic mass is 16.5. The van der Waals surface area contributed by atoms with Crippen LogP contribution in [0.4, 0.5) is 0 Å². The number of hydrazine groups is 1. The van der Waals surface area contributed by atoms with E-state index in [1.54, 1.807) is 37.4 Å². The van der Waals surface area contributed by atoms with Gasteiger partial charge >= 0.3 is 5.97 Å². The molecule has 1 saturated carbocycles. The maximum atomic E-state index is 14.8. The number of fused-ring (bicyclic) bond motifs is 7. The molecule has 5 aliphatic rings. The van der Waals surface area contributed by atoms with Crippen LogP contribution in [0.5, 0.6) is 5.75 Å². The van der Waals surface area contributed by atoms with Crippen LogP contribution < -0.4 is 16.1 Å². The highest BCUT2D eigenvalue weighted by Crippen LogP contribution is 2.57. The van der Waals surface area contributed by atoms with Crippen molar-refractivity contribution < 1.29 is 38.6 Å². The molecule has 4 aromatic rings. The predicted octanol–water partition coefficient (Wildman–Crippen LogP) is 4.90. The third-order valence-corrected chi connectivity index (χ3v) is 14.9. The molecule has 4 N–H and O–H groups in total. The molecular weight excluding hydrogens is 865 g/mol. The van der Waals surface area contributed by atoms with Crippen LogP contribution in [0.2, 0.25) is 0 Å². The summed E-state index contributed by atoms with van der Waals surface area (Å²) in [5, 5.41) is 19.9. The molecule has 6 bridgehead atoms. The molecule has 1 aliphatic carbocycles. The van der Waals surface area contributed by atoms with Gasteiger partial charge in [-0.05, 0) is 116 Å². The normalized spacial score (nSPS) is 25.3. The van der Waals surface area contributed by atoms with E-state index in [1.165, 1.54) is 9.91 Å². The fourth-order valence-corrected chi connectivity index (χ4v) is 11.3. The summed E-state index contributed by atoms with van der Waals surface area (Å²) in [5.74, 6) is -2.15. The molecule has 4 aliphatic heterocycles. The van der Waals surface area contributed by atoms with Gasteiger partial charge in [0.1, 0.15) is 29.4 Å². The summed E-state index contributed by atoms with van der Waals surface area (Å²) in [6.07, 6.45) is 4.26. The highest BCUT2D eigenvalue weighted by Gasteiger charge is 2.70. The number of esters is 1. The van der Waals surface area contributed by atoms with Gasteiger partial charge in [-0.15, -0.1) is 0 Å². The van der Waals surface area contributed by atoms with Crippen molar-refractivity contribution in [1.82, 2.24) is 40.4 Å². The van der Waals surface area contributed by atoms with E-state index in [0.717, 1.165) is 51.0 Å². The summed E-state index contributed by atoms with van der Waals surface area (Å²) in [6.45, 7) is 14.1. The number of amides is 4. The van der Waals surface area contributed by atoms with Gasteiger partial charge in [0.15, 0.2) is 0 Å². The lowest BCUT2D eigenvalue weighted by atomic mass is 9.84. The van der Waals surface area contributed by atoms with Crippen LogP contribution in [-0.4, -0.2) is 129 Å². The number of carbonyl (C=O) groups is 5. The number of hydrogen-bond acceptors (Lipinski definition) is 11. The van der Waals surface area contributed by atoms with Gasteiger partial charge in [0.05, 0.1) is 30.1 Å². The largest absolute Gasteiger partial charge is 0.508 e. The summed E-state index contributed by atoms with van der Waals surface area (Å²) in [6, 6.07) is 12.3. The number of phenols is 1. The van der Waals surface area contributed by atoms with E-state index in [-0.39, 0.29) is 61.1 Å². The number of aryl methyl sites for hydroxylation is 1. The van der Waals surface area contributed by atoms with Crippen LogP contribution in [0.1, 0.15) is 90.2 Å². The maximum Gasteiger partial charge on any atom is 0.324 e. The van der Waals surface area contributed by atoms with Crippen molar-refractivity contribution in [3.05, 3.63) is 71.5 Å². The number of carbonyl (C=O) groups excluding carboxylic acids is 5. The van der Waals surface area contributed by atoms with Crippen molar-refractivity contribution in [3.8, 4) is 28.1 Å². The summed E-state index contributed by atoms with van der Waals surface area (Å²) in [4.78, 5) is 79.4. The number of phenolic OH excluding ortho intramolecular Hbond substituents is 1. The third kappa shape index (κ3) is 8.63. The van der Waals surface area contributed by atoms with Crippen LogP contribution >= 0.6 is 0 Å². The van der Waals surface area contributed by atoms with E-state index in [1.807, 2.05) is 39.0 Å². The van der Waals surface area contributed by atoms with Gasteiger partial charge in [-0.3, -0.25) is 34.0 Å². The Morgan fingerprint density at radius 1 is 1.06 bits per heavy atom. The first-order valence-electron chi connectivity index (χ1n) is 24.3. The van der Waals surface area contributed by atoms with Crippen molar-refractivity contribution in [2.24, 2.45) is 17.3 Å². The van der Waals surface area contributed by atoms with Crippen LogP contribution in [0.25, 0.3) is 33.3 Å². The van der Waals surface area contributed by atoms with Crippen LogP contribution in [0.3, 0.4) is 0 Å². The summed E-state index contributed by atoms with van der Waals surface area (Å²) >= 11 is 0. The average molecular weight is 931 g/mol. The number of rotatable bonds is 10. The first-order chi connectivity index (χ1) is 32.5. The van der Waals surface area contributed by atoms with Crippen LogP contribution in [0, 0.1) is 17.3 Å². The molecule has 2 aromatic carbocycles. The maximum absolute atomic E-state index is 14.8. The number of aromatic nitrogens is 2. The number of nitrogens with one attached hydrogen (secondary N) is 3. The molecule has 7 atom stereocenters. The second-order valence-electron chi connectivity index (χ2n) is 20.7. The summed E-state index contributed by atoms with van der Waals surface area (Å²) < 4.78 is 14.2. The first-order valence-corrected chi connectivity index (χ1v) is 24.3. The van der Waals surface area contributed by atoms with Crippen molar-refractivity contribution in [2.45, 2.75) is 122 Å². The Balaban J connectivity index is 1.11. The Morgan fingerprint density at radius 3 is 2.54 bits per heavy atom. The van der Waals surface area contributed by atoms with Gasteiger partial charge in [0.25, 0.3) is 5.91 Å². The van der Waals surface area contributed by atoms with Crippen molar-refractivity contribution in [1.29, 1.82) is 0 Å². The van der Waals surface area contributed by atoms with E-state index in [9.17, 15) is 29.1 Å². The second-order valence-corrected chi connectivity index (χ2v) is 20.7. The molecule has 6 heterocycles. The number of pyridine rings is 1. The monoisotopic (exact) mass is 931 g/mol. The zero-order chi connectivity index (χ0) is 48.4. The lowest BCUT2D eigenvalue weighted by Crippen LogP contribution is -2.63. The number of methoxy groups -OCH3 is 1. The van der Waals surface area contributed by atoms with E-state index in [2.05, 4.69) is 59.6 Å². The number of ether oxygens (including phenoxy) is 2. The van der Waals surface area contributed by atoms with E-state index >= 15 is 0 Å². The Labute approximate surface area is 398 Å². The Hall–Kier alpha value is -5.84. The molecule has 4 amide bonds. The molecule has 16 heteroatoms. The highest BCUT2D eigenvalue weighted by molar-refractivity contribution is 6.00. The quantitative estimate of drug-likeness (QED) is 0.125. The molecule has 3 saturated heterocycles. The number of nitrogens with zero attached hydrogens (tertiary/aromatic N) is 5. The zero-order valence-corrected chi connectivity index (χ0v) is 40.6. The van der Waals surface area contributed by atoms with E-state index < -0.39 is 46.9 Å². The molecule has 0 spiro atoms. The van der Waals surface area contributed by atoms with Gasteiger partial charge in [-0.25, -0.2) is 5.43 Å². The van der Waals surface area contributed by atoms with Gasteiger partial charge < -0.3 is 39.6 Å². The number of hydrogen-bond donors (Lipinski definition) is 4. The van der Waals surface area contributed by atoms with Crippen LogP contribution in [-0.2, 0) is 52.8 Å². The molecule has 362 valence electrons. The lowest BCUT2D eigenvalue weighted by Gasteiger charge is -2.38. The number of likely N-dealkylation sites (tertiary alicyclic amines) is 1. The Bertz CT molecular complexity index is 2660. The Morgan fingerprint density at radius 2 is 1.84 bits per heavy atom. The van der Waals surface area contributed by atoms with E-state index in [0.29, 0.717) is 50.9 Å². The van der Waals surface area contributed by atoms with Crippen molar-refractivity contribution in [2.75, 3.05) is 40.4 Å². The smallest absolute Gasteiger partial charge is 0.324 e. The Kier molecular flexibility index (Phi) is 12.7. The topological polar surface area (TPSA) is 198 Å². The fraction of sp³-hybridized carbons (Fsp3) is 0.538. The second kappa shape index (κ2) is 18.2. The average Bonchev–Trinajstić information content (AvgIpc) is 4.25. The summed E-state index contributed by atoms with van der Waals surface area (Å²) in [7, 11) is 3.28. The molecule has 68 heavy (non-hydrogen) atoms. The standard InChI is InChI=1S/C52H66N8O8/c1-9-58-42-15-14-32-24-37(42)38(45(58)36-12-10-17-53-43(36)30(4)67-8)26-51(5,6)28-68-49(65)39-13-11-18-60(56-39)48(64)40(22-31-20-33(32)23-35(61)21-31)55-46(62)44(29(2)3)57(7)50(66)52-25-34(52)16-19-59(52)47(63)41-27-54-41/h10,12,14-15,17,20-21,23-24,29-30,34,39-41,44,54,56,61H,9,11,13,16,18-19,22,25-28H2,1-8H3,(H,55,62)/t30-,34+,39-,40-,41-,44?,52-/m0/s1. The fourth-order valence-electron chi connectivity index (χ4n) is 11.3. The minimum Gasteiger partial charge on any atom is -0.508 e. The predicted molar refractivity (Wildman–Crippen MR) is 256 cm³/mol. The van der Waals surface area contributed by atoms with Gasteiger partial charge in [0, 0.05) is 74.8 Å². The zero-order valence-electron chi connectivity index (χ0n) is 40.6. The number of cyclic esters (lactones) is 1. The number of benzene rings is 2. The first kappa shape index (κ1) is 47.2. The molecule has 9 rings (SSSR count). The van der Waals surface area contributed by atoms with Gasteiger partial charge in [-0.2, -0.15) is 0 Å². The minimum absolute atomic E-state index is 0.00847. The third-order valence-electron chi connectivity index (χ3n) is 14.9. The van der Waals surface area contributed by atoms with Crippen LogP contribution in [0.15, 0.2) is 54.7 Å². The molecule has 2 aromatic heterocycles. The molecule has 16 nitrogen and oxygen atoms in total. The number of aromatic hydroxyl groups is 1. The van der Waals surface area contributed by atoms with Gasteiger partial charge in [0.2, 0.25) is 17.7 Å². The molecular formula is C52H66N8O8. The van der Waals surface area contributed by atoms with Crippen molar-refractivity contribution >= 4 is 40.5 Å². The number of likely N-dealkylation sites (N-methyl/N-ethyl adjacent to an activating group) is 1. The molecule has 0 radical (unpaired) electrons. The number of piperidine rings is 1.